The zero-order valence-electron chi connectivity index (χ0n) is 11.0. The third-order valence-electron chi connectivity index (χ3n) is 3.28. The van der Waals surface area contributed by atoms with Crippen LogP contribution in [0.4, 0.5) is 0 Å². The minimum atomic E-state index is 0.684. The normalized spacial score (nSPS) is 16.8. The Morgan fingerprint density at radius 3 is 2.78 bits per heavy atom. The average Bonchev–Trinajstić information content (AvgIpc) is 2.41. The van der Waals surface area contributed by atoms with Crippen molar-refractivity contribution in [2.45, 2.75) is 13.0 Å². The van der Waals surface area contributed by atoms with Crippen LogP contribution in [0.5, 0.6) is 5.75 Å². The number of ether oxygens (including phenoxy) is 2. The predicted molar refractivity (Wildman–Crippen MR) is 71.8 cm³/mol. The summed E-state index contributed by atoms with van der Waals surface area (Å²) in [6, 6.07) is 6.34. The van der Waals surface area contributed by atoms with Crippen molar-refractivity contribution in [3.05, 3.63) is 29.3 Å². The van der Waals surface area contributed by atoms with Crippen molar-refractivity contribution in [3.8, 4) is 5.75 Å². The number of nitrogens with zero attached hydrogens (tertiary/aromatic N) is 1. The molecule has 0 amide bonds. The first-order valence-electron chi connectivity index (χ1n) is 6.49. The molecule has 0 unspecified atom stereocenters. The third-order valence-corrected chi connectivity index (χ3v) is 3.28. The summed E-state index contributed by atoms with van der Waals surface area (Å²) >= 11 is 0. The number of hydrogen-bond donors (Lipinski definition) is 1. The van der Waals surface area contributed by atoms with E-state index in [0.717, 1.165) is 45.0 Å². The topological polar surface area (TPSA) is 47.7 Å². The van der Waals surface area contributed by atoms with Crippen LogP contribution in [0.25, 0.3) is 0 Å². The molecule has 0 bridgehead atoms. The number of morpholine rings is 1. The third kappa shape index (κ3) is 3.45. The van der Waals surface area contributed by atoms with Crippen LogP contribution >= 0.6 is 0 Å². The van der Waals surface area contributed by atoms with Crippen molar-refractivity contribution in [1.29, 1.82) is 0 Å². The van der Waals surface area contributed by atoms with E-state index in [-0.39, 0.29) is 0 Å². The lowest BCUT2D eigenvalue weighted by atomic mass is 10.1. The molecular weight excluding hydrogens is 228 g/mol. The summed E-state index contributed by atoms with van der Waals surface area (Å²) in [5.74, 6) is 0.960. The maximum absolute atomic E-state index is 5.61. The van der Waals surface area contributed by atoms with Gasteiger partial charge in [0.15, 0.2) is 0 Å². The van der Waals surface area contributed by atoms with E-state index in [0.29, 0.717) is 6.54 Å². The van der Waals surface area contributed by atoms with Crippen molar-refractivity contribution >= 4 is 0 Å². The predicted octanol–water partition coefficient (Wildman–Crippen LogP) is 1.03. The van der Waals surface area contributed by atoms with E-state index in [4.69, 9.17) is 15.2 Å². The smallest absolute Gasteiger partial charge is 0.123 e. The van der Waals surface area contributed by atoms with Gasteiger partial charge in [-0.2, -0.15) is 0 Å². The van der Waals surface area contributed by atoms with Crippen LogP contribution in [0.1, 0.15) is 11.1 Å². The van der Waals surface area contributed by atoms with Gasteiger partial charge >= 0.3 is 0 Å². The molecule has 1 aliphatic rings. The van der Waals surface area contributed by atoms with Crippen molar-refractivity contribution in [1.82, 2.24) is 4.90 Å². The van der Waals surface area contributed by atoms with Crippen LogP contribution in [-0.2, 0) is 17.7 Å². The monoisotopic (exact) mass is 250 g/mol. The fourth-order valence-corrected chi connectivity index (χ4v) is 2.28. The second-order valence-corrected chi connectivity index (χ2v) is 4.57. The second-order valence-electron chi connectivity index (χ2n) is 4.57. The zero-order valence-corrected chi connectivity index (χ0v) is 11.0. The van der Waals surface area contributed by atoms with Crippen LogP contribution < -0.4 is 10.5 Å². The molecule has 1 aromatic carbocycles. The highest BCUT2D eigenvalue weighted by atomic mass is 16.5. The summed E-state index contributed by atoms with van der Waals surface area (Å²) in [4.78, 5) is 2.40. The number of nitrogens with two attached hydrogens (primary N) is 1. The highest BCUT2D eigenvalue weighted by Crippen LogP contribution is 2.22. The second kappa shape index (κ2) is 6.73. The van der Waals surface area contributed by atoms with Gasteiger partial charge in [0.1, 0.15) is 5.75 Å². The molecule has 0 atom stereocenters. The fourth-order valence-electron chi connectivity index (χ4n) is 2.28. The number of hydrogen-bond acceptors (Lipinski definition) is 4. The number of methoxy groups -OCH3 is 1. The van der Waals surface area contributed by atoms with Crippen LogP contribution in [0.3, 0.4) is 0 Å². The maximum atomic E-state index is 5.61. The average molecular weight is 250 g/mol. The lowest BCUT2D eigenvalue weighted by Crippen LogP contribution is -2.35. The van der Waals surface area contributed by atoms with Crippen molar-refractivity contribution < 1.29 is 9.47 Å². The van der Waals surface area contributed by atoms with Gasteiger partial charge in [-0.3, -0.25) is 4.90 Å². The Morgan fingerprint density at radius 1 is 1.33 bits per heavy atom. The standard InChI is InChI=1S/C14H22N2O2/c1-17-14-3-2-12(4-5-15)10-13(14)11-16-6-8-18-9-7-16/h2-3,10H,4-9,11,15H2,1H3. The molecule has 100 valence electrons. The Balaban J connectivity index is 2.09. The first kappa shape index (κ1) is 13.3. The molecule has 0 spiro atoms. The van der Waals surface area contributed by atoms with E-state index in [1.807, 2.05) is 6.07 Å². The van der Waals surface area contributed by atoms with E-state index >= 15 is 0 Å². The molecule has 1 aliphatic heterocycles. The van der Waals surface area contributed by atoms with Gasteiger partial charge < -0.3 is 15.2 Å². The Bertz CT molecular complexity index is 376. The van der Waals surface area contributed by atoms with E-state index < -0.39 is 0 Å². The van der Waals surface area contributed by atoms with Crippen molar-refractivity contribution in [3.63, 3.8) is 0 Å². The summed E-state index contributed by atoms with van der Waals surface area (Å²) in [5, 5.41) is 0. The minimum Gasteiger partial charge on any atom is -0.496 e. The molecule has 1 heterocycles. The van der Waals surface area contributed by atoms with Gasteiger partial charge in [0.25, 0.3) is 0 Å². The van der Waals surface area contributed by atoms with E-state index in [1.165, 1.54) is 11.1 Å². The number of benzene rings is 1. The van der Waals surface area contributed by atoms with Gasteiger partial charge in [-0.15, -0.1) is 0 Å². The van der Waals surface area contributed by atoms with Crippen LogP contribution in [-0.4, -0.2) is 44.9 Å². The molecule has 4 nitrogen and oxygen atoms in total. The molecule has 0 saturated carbocycles. The minimum absolute atomic E-state index is 0.684. The van der Waals surface area contributed by atoms with E-state index in [9.17, 15) is 0 Å². The Morgan fingerprint density at radius 2 is 2.11 bits per heavy atom. The van der Waals surface area contributed by atoms with Crippen LogP contribution in [0.15, 0.2) is 18.2 Å². The molecule has 2 rings (SSSR count). The SMILES string of the molecule is COc1ccc(CCN)cc1CN1CCOCC1. The molecule has 1 saturated heterocycles. The largest absolute Gasteiger partial charge is 0.496 e. The van der Waals surface area contributed by atoms with E-state index in [2.05, 4.69) is 17.0 Å². The molecule has 1 fully saturated rings. The van der Waals surface area contributed by atoms with Crippen molar-refractivity contribution in [2.24, 2.45) is 5.73 Å². The first-order valence-corrected chi connectivity index (χ1v) is 6.49. The van der Waals surface area contributed by atoms with Gasteiger partial charge in [0, 0.05) is 25.2 Å². The molecule has 0 radical (unpaired) electrons. The lowest BCUT2D eigenvalue weighted by Gasteiger charge is -2.27. The summed E-state index contributed by atoms with van der Waals surface area (Å²) in [7, 11) is 1.72. The molecule has 1 aromatic rings. The summed E-state index contributed by atoms with van der Waals surface area (Å²) < 4.78 is 10.8. The fraction of sp³-hybridized carbons (Fsp3) is 0.571. The zero-order chi connectivity index (χ0) is 12.8. The van der Waals surface area contributed by atoms with Gasteiger partial charge in [0.05, 0.1) is 20.3 Å². The van der Waals surface area contributed by atoms with Gasteiger partial charge in [-0.25, -0.2) is 0 Å². The summed E-state index contributed by atoms with van der Waals surface area (Å²) in [5.41, 5.74) is 8.13. The summed E-state index contributed by atoms with van der Waals surface area (Å²) in [6.07, 6.45) is 0.917. The molecule has 4 heteroatoms. The Kier molecular flexibility index (Phi) is 4.99. The Hall–Kier alpha value is -1.10. The Labute approximate surface area is 109 Å². The lowest BCUT2D eigenvalue weighted by molar-refractivity contribution is 0.0339. The maximum Gasteiger partial charge on any atom is 0.123 e. The molecule has 18 heavy (non-hydrogen) atoms. The quantitative estimate of drug-likeness (QED) is 0.848. The summed E-state index contributed by atoms with van der Waals surface area (Å²) in [6.45, 7) is 5.23. The molecule has 0 aromatic heterocycles. The number of rotatable bonds is 5. The van der Waals surface area contributed by atoms with E-state index in [1.54, 1.807) is 7.11 Å². The highest BCUT2D eigenvalue weighted by Gasteiger charge is 2.13. The highest BCUT2D eigenvalue weighted by molar-refractivity contribution is 5.37. The molecule has 2 N–H and O–H groups in total. The van der Waals surface area contributed by atoms with Gasteiger partial charge in [0.2, 0.25) is 0 Å². The van der Waals surface area contributed by atoms with Crippen LogP contribution in [0, 0.1) is 0 Å². The molecular formula is C14H22N2O2. The van der Waals surface area contributed by atoms with Gasteiger partial charge in [-0.1, -0.05) is 12.1 Å². The molecule has 0 aliphatic carbocycles. The van der Waals surface area contributed by atoms with Crippen LogP contribution in [0.2, 0.25) is 0 Å². The van der Waals surface area contributed by atoms with Crippen molar-refractivity contribution in [2.75, 3.05) is 40.0 Å². The van der Waals surface area contributed by atoms with Gasteiger partial charge in [-0.05, 0) is 24.6 Å². The first-order chi connectivity index (χ1) is 8.83.